The van der Waals surface area contributed by atoms with Gasteiger partial charge in [-0.05, 0) is 78.7 Å². The minimum atomic E-state index is -1.07. The van der Waals surface area contributed by atoms with Crippen LogP contribution in [0.2, 0.25) is 0 Å². The van der Waals surface area contributed by atoms with Gasteiger partial charge in [0, 0.05) is 37.0 Å². The van der Waals surface area contributed by atoms with Crippen molar-refractivity contribution in [2.24, 2.45) is 0 Å². The molecule has 13 heteroatoms. The maximum absolute atomic E-state index is 13.6. The zero-order chi connectivity index (χ0) is 29.5. The van der Waals surface area contributed by atoms with Crippen molar-refractivity contribution in [3.05, 3.63) is 74.1 Å². The van der Waals surface area contributed by atoms with Gasteiger partial charge in [0.2, 0.25) is 0 Å². The van der Waals surface area contributed by atoms with Crippen LogP contribution in [0.5, 0.6) is 5.75 Å². The van der Waals surface area contributed by atoms with Crippen molar-refractivity contribution in [2.75, 3.05) is 38.6 Å². The van der Waals surface area contributed by atoms with E-state index < -0.39 is 23.3 Å². The number of aromatic amines is 2. The molecule has 2 aliphatic heterocycles. The number of H-pyrrole nitrogens is 2. The Morgan fingerprint density at radius 3 is 2.74 bits per heavy atom. The number of benzene rings is 2. The van der Waals surface area contributed by atoms with E-state index in [1.807, 2.05) is 11.0 Å². The van der Waals surface area contributed by atoms with E-state index >= 15 is 0 Å². The summed E-state index contributed by atoms with van der Waals surface area (Å²) in [5, 5.41) is 13.5. The topological polar surface area (TPSA) is 127 Å². The average molecular weight is 643 g/mol. The van der Waals surface area contributed by atoms with Gasteiger partial charge >= 0.3 is 0 Å². The molecular formula is C29H29BrF2N6O4. The highest BCUT2D eigenvalue weighted by atomic mass is 79.9. The summed E-state index contributed by atoms with van der Waals surface area (Å²) in [5.74, 6) is -1.71. The van der Waals surface area contributed by atoms with E-state index in [0.717, 1.165) is 43.6 Å². The lowest BCUT2D eigenvalue weighted by molar-refractivity contribution is 0.0617. The summed E-state index contributed by atoms with van der Waals surface area (Å²) in [4.78, 5) is 40.9. The summed E-state index contributed by atoms with van der Waals surface area (Å²) in [6.45, 7) is 2.26. The van der Waals surface area contributed by atoms with Gasteiger partial charge in [0.1, 0.15) is 29.8 Å². The number of aliphatic hydroxyl groups excluding tert-OH is 1. The van der Waals surface area contributed by atoms with Crippen LogP contribution in [-0.2, 0) is 6.54 Å². The first-order valence-corrected chi connectivity index (χ1v) is 14.4. The molecule has 6 rings (SSSR count). The van der Waals surface area contributed by atoms with Crippen LogP contribution in [0.3, 0.4) is 0 Å². The standard InChI is InChI=1S/C29H29BrF2N6O4/c1-37-6-3-16(4-7-37)38-13-15-8-23-24(9-18(15)29(38)41)36-27(35-23)26-22(2-5-33-28(26)40)34-12-17(39)14-42-25-11-21(32)20(31)10-19(25)30/h2,5,8-11,16-17,39H,3-4,6-7,12-14H2,1H3,(H,35,36)(H2,33,34,40)/t17-/m1/s1. The number of piperidine rings is 1. The SMILES string of the molecule is CN1CCC(N2Cc3cc4[nH]c(-c5c(NC[C@@H](O)COc6cc(F)c(F)cc6Br)cc[nH]c5=O)nc4cc3C2=O)CC1. The number of imidazole rings is 1. The number of nitrogens with one attached hydrogen (secondary N) is 3. The monoisotopic (exact) mass is 642 g/mol. The van der Waals surface area contributed by atoms with Crippen LogP contribution in [-0.4, -0.2) is 81.2 Å². The molecule has 10 nitrogen and oxygen atoms in total. The summed E-state index contributed by atoms with van der Waals surface area (Å²) in [7, 11) is 2.09. The van der Waals surface area contributed by atoms with Crippen molar-refractivity contribution in [1.29, 1.82) is 0 Å². The molecule has 1 amide bonds. The highest BCUT2D eigenvalue weighted by Gasteiger charge is 2.34. The van der Waals surface area contributed by atoms with Crippen molar-refractivity contribution in [3.63, 3.8) is 0 Å². The van der Waals surface area contributed by atoms with Gasteiger partial charge in [-0.15, -0.1) is 0 Å². The number of fused-ring (bicyclic) bond motifs is 2. The lowest BCUT2D eigenvalue weighted by Crippen LogP contribution is -2.43. The smallest absolute Gasteiger partial charge is 0.261 e. The minimum Gasteiger partial charge on any atom is -0.490 e. The molecule has 0 aliphatic carbocycles. The van der Waals surface area contributed by atoms with Gasteiger partial charge in [-0.2, -0.15) is 0 Å². The lowest BCUT2D eigenvalue weighted by Gasteiger charge is -2.34. The third kappa shape index (κ3) is 5.51. The van der Waals surface area contributed by atoms with E-state index in [-0.39, 0.29) is 40.9 Å². The van der Waals surface area contributed by atoms with Crippen molar-refractivity contribution in [2.45, 2.75) is 31.5 Å². The number of hydrogen-bond donors (Lipinski definition) is 4. The number of hydrogen-bond acceptors (Lipinski definition) is 7. The lowest BCUT2D eigenvalue weighted by atomic mass is 10.0. The first-order valence-electron chi connectivity index (χ1n) is 13.6. The van der Waals surface area contributed by atoms with Crippen LogP contribution in [0, 0.1) is 11.6 Å². The molecule has 4 N–H and O–H groups in total. The number of pyridine rings is 1. The molecule has 2 aromatic heterocycles. The van der Waals surface area contributed by atoms with E-state index in [1.54, 1.807) is 12.1 Å². The first-order chi connectivity index (χ1) is 20.2. The number of halogens is 3. The molecule has 4 heterocycles. The van der Waals surface area contributed by atoms with Gasteiger partial charge < -0.3 is 34.9 Å². The maximum atomic E-state index is 13.6. The number of ether oxygens (including phenoxy) is 1. The largest absolute Gasteiger partial charge is 0.490 e. The molecule has 4 aromatic rings. The van der Waals surface area contributed by atoms with Crippen LogP contribution < -0.4 is 15.6 Å². The third-order valence-corrected chi connectivity index (χ3v) is 8.42. The van der Waals surface area contributed by atoms with Crippen LogP contribution >= 0.6 is 15.9 Å². The van der Waals surface area contributed by atoms with Gasteiger partial charge in [-0.25, -0.2) is 13.8 Å². The van der Waals surface area contributed by atoms with E-state index in [4.69, 9.17) is 4.74 Å². The highest BCUT2D eigenvalue weighted by Crippen LogP contribution is 2.33. The van der Waals surface area contributed by atoms with Gasteiger partial charge in [-0.1, -0.05) is 0 Å². The van der Waals surface area contributed by atoms with Crippen molar-refractivity contribution < 1.29 is 23.4 Å². The summed E-state index contributed by atoms with van der Waals surface area (Å²) in [6, 6.07) is 7.41. The summed E-state index contributed by atoms with van der Waals surface area (Å²) in [6.07, 6.45) is 2.33. The maximum Gasteiger partial charge on any atom is 0.261 e. The fourth-order valence-corrected chi connectivity index (χ4v) is 5.94. The minimum absolute atomic E-state index is 0.00638. The zero-order valence-corrected chi connectivity index (χ0v) is 24.3. The molecule has 0 unspecified atom stereocenters. The van der Waals surface area contributed by atoms with E-state index in [0.29, 0.717) is 34.7 Å². The number of nitrogens with zero attached hydrogens (tertiary/aromatic N) is 3. The van der Waals surface area contributed by atoms with Crippen molar-refractivity contribution in [3.8, 4) is 17.1 Å². The molecule has 0 saturated carbocycles. The van der Waals surface area contributed by atoms with Gasteiger partial charge in [0.15, 0.2) is 11.6 Å². The van der Waals surface area contributed by atoms with Crippen molar-refractivity contribution in [1.82, 2.24) is 24.8 Å². The second-order valence-electron chi connectivity index (χ2n) is 10.7. The number of carbonyl (C=O) groups excluding carboxylic acids is 1. The summed E-state index contributed by atoms with van der Waals surface area (Å²) >= 11 is 3.11. The molecule has 0 radical (unpaired) electrons. The molecular weight excluding hydrogens is 614 g/mol. The predicted molar refractivity (Wildman–Crippen MR) is 157 cm³/mol. The normalized spacial score (nSPS) is 16.7. The second-order valence-corrected chi connectivity index (χ2v) is 11.6. The molecule has 0 spiro atoms. The molecule has 0 bridgehead atoms. The molecule has 220 valence electrons. The van der Waals surface area contributed by atoms with Crippen LogP contribution in [0.25, 0.3) is 22.4 Å². The van der Waals surface area contributed by atoms with E-state index in [2.05, 4.69) is 48.1 Å². The number of amides is 1. The van der Waals surface area contributed by atoms with Crippen LogP contribution in [0.4, 0.5) is 14.5 Å². The number of anilines is 1. The number of aromatic nitrogens is 3. The number of aliphatic hydroxyl groups is 1. The quantitative estimate of drug-likeness (QED) is 0.215. The van der Waals surface area contributed by atoms with Crippen LogP contribution in [0.1, 0.15) is 28.8 Å². The number of likely N-dealkylation sites (tertiary alicyclic amines) is 1. The Kier molecular flexibility index (Phi) is 7.73. The highest BCUT2D eigenvalue weighted by molar-refractivity contribution is 9.10. The average Bonchev–Trinajstić information content (AvgIpc) is 3.52. The number of carbonyl (C=O) groups is 1. The van der Waals surface area contributed by atoms with Crippen molar-refractivity contribution >= 4 is 38.6 Å². The zero-order valence-electron chi connectivity index (χ0n) is 22.7. The van der Waals surface area contributed by atoms with Gasteiger partial charge in [-0.3, -0.25) is 9.59 Å². The molecule has 1 fully saturated rings. The Hall–Kier alpha value is -3.81. The Morgan fingerprint density at radius 1 is 1.19 bits per heavy atom. The molecule has 1 atom stereocenters. The predicted octanol–water partition coefficient (Wildman–Crippen LogP) is 3.86. The number of rotatable bonds is 8. The van der Waals surface area contributed by atoms with Gasteiger partial charge in [0.25, 0.3) is 11.5 Å². The van der Waals surface area contributed by atoms with E-state index in [1.165, 1.54) is 6.20 Å². The Bertz CT molecular complexity index is 1720. The molecule has 1 saturated heterocycles. The molecule has 42 heavy (non-hydrogen) atoms. The second kappa shape index (κ2) is 11.5. The fraction of sp³-hybridized carbons (Fsp3) is 0.345. The van der Waals surface area contributed by atoms with Crippen LogP contribution in [0.15, 0.2) is 45.8 Å². The summed E-state index contributed by atoms with van der Waals surface area (Å²) < 4.78 is 32.5. The third-order valence-electron chi connectivity index (χ3n) is 7.80. The fourth-order valence-electron chi connectivity index (χ4n) is 5.51. The Morgan fingerprint density at radius 2 is 1.95 bits per heavy atom. The first kappa shape index (κ1) is 28.3. The van der Waals surface area contributed by atoms with E-state index in [9.17, 15) is 23.5 Å². The summed E-state index contributed by atoms with van der Waals surface area (Å²) in [5.41, 5.74) is 3.11. The Balaban J connectivity index is 1.17. The molecule has 2 aliphatic rings. The Labute approximate surface area is 247 Å². The molecule has 2 aromatic carbocycles. The van der Waals surface area contributed by atoms with Gasteiger partial charge in [0.05, 0.1) is 21.2 Å².